The van der Waals surface area contributed by atoms with Gasteiger partial charge in [-0.3, -0.25) is 4.90 Å². The normalized spacial score (nSPS) is 19.7. The molecule has 0 heterocycles. The average Bonchev–Trinajstić information content (AvgIpc) is 2.23. The molecule has 0 aromatic carbocycles. The molecule has 0 N–H and O–H groups in total. The van der Waals surface area contributed by atoms with Crippen molar-refractivity contribution >= 4 is 8.80 Å². The highest BCUT2D eigenvalue weighted by Crippen LogP contribution is 2.27. The Labute approximate surface area is 110 Å². The molecule has 0 spiro atoms. The van der Waals surface area contributed by atoms with Crippen LogP contribution in [0.2, 0.25) is 13.1 Å². The van der Waals surface area contributed by atoms with Crippen LogP contribution in [-0.4, -0.2) is 31.8 Å². The van der Waals surface area contributed by atoms with E-state index in [9.17, 15) is 0 Å². The second-order valence-electron chi connectivity index (χ2n) is 6.79. The van der Waals surface area contributed by atoms with Gasteiger partial charge in [0.2, 0.25) is 0 Å². The van der Waals surface area contributed by atoms with Crippen molar-refractivity contribution in [2.24, 2.45) is 0 Å². The molecule has 0 aromatic heterocycles. The third-order valence-electron chi connectivity index (χ3n) is 3.70. The summed E-state index contributed by atoms with van der Waals surface area (Å²) in [5.41, 5.74) is 2.78. The molecule has 0 radical (unpaired) electrons. The van der Waals surface area contributed by atoms with Crippen LogP contribution in [0.4, 0.5) is 0 Å². The summed E-state index contributed by atoms with van der Waals surface area (Å²) >= 11 is 0. The molecule has 0 aliphatic heterocycles. The molecular formula is C15H31NSi. The molecule has 1 rings (SSSR count). The number of hydrogen-bond donors (Lipinski definition) is 0. The SMILES string of the molecule is C[SiH](C)C=CCN(C1CCCCC1)C(C)(C)C. The highest BCUT2D eigenvalue weighted by atomic mass is 28.3. The van der Waals surface area contributed by atoms with Crippen LogP contribution in [0, 0.1) is 0 Å². The summed E-state index contributed by atoms with van der Waals surface area (Å²) in [5, 5.41) is 0. The summed E-state index contributed by atoms with van der Waals surface area (Å²) in [6, 6.07) is 0.822. The molecule has 1 aliphatic carbocycles. The molecule has 0 amide bonds. The van der Waals surface area contributed by atoms with E-state index in [-0.39, 0.29) is 0 Å². The van der Waals surface area contributed by atoms with Crippen molar-refractivity contribution < 1.29 is 0 Å². The van der Waals surface area contributed by atoms with Crippen molar-refractivity contribution in [2.45, 2.75) is 77.6 Å². The summed E-state index contributed by atoms with van der Waals surface area (Å²) in [7, 11) is -0.533. The van der Waals surface area contributed by atoms with E-state index in [0.29, 0.717) is 5.54 Å². The highest BCUT2D eigenvalue weighted by molar-refractivity contribution is 6.61. The second kappa shape index (κ2) is 6.74. The maximum atomic E-state index is 2.72. The maximum absolute atomic E-state index is 2.72. The van der Waals surface area contributed by atoms with E-state index in [1.807, 2.05) is 0 Å². The topological polar surface area (TPSA) is 3.24 Å². The Morgan fingerprint density at radius 3 is 2.18 bits per heavy atom. The Balaban J connectivity index is 2.60. The van der Waals surface area contributed by atoms with Crippen molar-refractivity contribution in [1.82, 2.24) is 4.90 Å². The summed E-state index contributed by atoms with van der Waals surface area (Å²) < 4.78 is 0. The Hall–Kier alpha value is -0.0831. The minimum Gasteiger partial charge on any atom is -0.292 e. The van der Waals surface area contributed by atoms with E-state index in [1.54, 1.807) is 0 Å². The molecule has 1 aliphatic rings. The Morgan fingerprint density at radius 2 is 1.71 bits per heavy atom. The van der Waals surface area contributed by atoms with Gasteiger partial charge < -0.3 is 0 Å². The van der Waals surface area contributed by atoms with E-state index in [0.717, 1.165) is 12.6 Å². The first-order chi connectivity index (χ1) is 7.91. The first-order valence-electron chi connectivity index (χ1n) is 7.34. The lowest BCUT2D eigenvalue weighted by atomic mass is 9.91. The van der Waals surface area contributed by atoms with Gasteiger partial charge in [-0.2, -0.15) is 0 Å². The van der Waals surface area contributed by atoms with E-state index in [4.69, 9.17) is 0 Å². The molecular weight excluding hydrogens is 222 g/mol. The predicted molar refractivity (Wildman–Crippen MR) is 81.3 cm³/mol. The van der Waals surface area contributed by atoms with Crippen LogP contribution in [0.25, 0.3) is 0 Å². The van der Waals surface area contributed by atoms with Gasteiger partial charge in [0, 0.05) is 18.1 Å². The fourth-order valence-corrected chi connectivity index (χ4v) is 3.48. The summed E-state index contributed by atoms with van der Waals surface area (Å²) in [5.74, 6) is 0. The van der Waals surface area contributed by atoms with Gasteiger partial charge in [-0.1, -0.05) is 38.4 Å². The molecule has 0 saturated heterocycles. The molecule has 0 unspecified atom stereocenters. The molecule has 0 bridgehead atoms. The van der Waals surface area contributed by atoms with Crippen molar-refractivity contribution in [2.75, 3.05) is 6.54 Å². The third kappa shape index (κ3) is 5.39. The van der Waals surface area contributed by atoms with Gasteiger partial charge in [-0.25, -0.2) is 0 Å². The van der Waals surface area contributed by atoms with Crippen LogP contribution in [-0.2, 0) is 0 Å². The van der Waals surface area contributed by atoms with Crippen LogP contribution in [0.1, 0.15) is 52.9 Å². The number of rotatable bonds is 4. The zero-order valence-corrected chi connectivity index (χ0v) is 13.7. The van der Waals surface area contributed by atoms with E-state index < -0.39 is 8.80 Å². The largest absolute Gasteiger partial charge is 0.292 e. The van der Waals surface area contributed by atoms with Gasteiger partial charge in [-0.15, -0.1) is 5.70 Å². The van der Waals surface area contributed by atoms with Crippen molar-refractivity contribution in [1.29, 1.82) is 0 Å². The minimum atomic E-state index is -0.533. The summed E-state index contributed by atoms with van der Waals surface area (Å²) in [6.45, 7) is 13.0. The van der Waals surface area contributed by atoms with Crippen LogP contribution in [0.5, 0.6) is 0 Å². The molecule has 1 nitrogen and oxygen atoms in total. The zero-order chi connectivity index (χ0) is 12.9. The van der Waals surface area contributed by atoms with Crippen molar-refractivity contribution in [3.8, 4) is 0 Å². The standard InChI is InChI=1S/C15H31NSi/c1-15(2,3)16(12-9-13-17(4)5)14-10-7-6-8-11-14/h9,13-14,17H,6-8,10-12H2,1-5H3. The first-order valence-corrected chi connectivity index (χ1v) is 10.3. The highest BCUT2D eigenvalue weighted by Gasteiger charge is 2.28. The maximum Gasteiger partial charge on any atom is 0.0550 e. The zero-order valence-electron chi connectivity index (χ0n) is 12.5. The molecule has 100 valence electrons. The van der Waals surface area contributed by atoms with E-state index in [2.05, 4.69) is 50.5 Å². The molecule has 1 fully saturated rings. The lowest BCUT2D eigenvalue weighted by Crippen LogP contribution is -2.48. The smallest absolute Gasteiger partial charge is 0.0550 e. The quantitative estimate of drug-likeness (QED) is 0.685. The average molecular weight is 254 g/mol. The van der Waals surface area contributed by atoms with Crippen LogP contribution in [0.3, 0.4) is 0 Å². The van der Waals surface area contributed by atoms with Gasteiger partial charge >= 0.3 is 0 Å². The monoisotopic (exact) mass is 253 g/mol. The van der Waals surface area contributed by atoms with Crippen molar-refractivity contribution in [3.63, 3.8) is 0 Å². The van der Waals surface area contributed by atoms with Crippen molar-refractivity contribution in [3.05, 3.63) is 11.8 Å². The van der Waals surface area contributed by atoms with E-state index >= 15 is 0 Å². The van der Waals surface area contributed by atoms with Gasteiger partial charge in [0.1, 0.15) is 0 Å². The molecule has 17 heavy (non-hydrogen) atoms. The summed E-state index contributed by atoms with van der Waals surface area (Å²) in [6.07, 6.45) is 9.55. The molecule has 1 saturated carbocycles. The Kier molecular flexibility index (Phi) is 5.94. The number of nitrogens with zero attached hydrogens (tertiary/aromatic N) is 1. The van der Waals surface area contributed by atoms with Crippen LogP contribution >= 0.6 is 0 Å². The second-order valence-corrected chi connectivity index (χ2v) is 9.66. The fraction of sp³-hybridized carbons (Fsp3) is 0.867. The Morgan fingerprint density at radius 1 is 1.12 bits per heavy atom. The fourth-order valence-electron chi connectivity index (χ4n) is 2.81. The summed E-state index contributed by atoms with van der Waals surface area (Å²) in [4.78, 5) is 2.72. The van der Waals surface area contributed by atoms with Gasteiger partial charge in [0.25, 0.3) is 0 Å². The van der Waals surface area contributed by atoms with Crippen LogP contribution in [0.15, 0.2) is 11.8 Å². The van der Waals surface area contributed by atoms with Gasteiger partial charge in [0.15, 0.2) is 0 Å². The molecule has 0 aromatic rings. The molecule has 0 atom stereocenters. The van der Waals surface area contributed by atoms with Gasteiger partial charge in [0.05, 0.1) is 8.80 Å². The first kappa shape index (κ1) is 15.0. The van der Waals surface area contributed by atoms with E-state index in [1.165, 1.54) is 32.1 Å². The van der Waals surface area contributed by atoms with Crippen LogP contribution < -0.4 is 0 Å². The van der Waals surface area contributed by atoms with Gasteiger partial charge in [-0.05, 0) is 33.6 Å². The molecule has 2 heteroatoms. The number of hydrogen-bond acceptors (Lipinski definition) is 1. The minimum absolute atomic E-state index is 0.310. The Bertz CT molecular complexity index is 234. The lowest BCUT2D eigenvalue weighted by molar-refractivity contribution is 0.0737. The lowest BCUT2D eigenvalue weighted by Gasteiger charge is -2.43. The predicted octanol–water partition coefficient (Wildman–Crippen LogP) is 4.00. The third-order valence-corrected chi connectivity index (χ3v) is 4.74.